The molecule has 0 heterocycles. The van der Waals surface area contributed by atoms with E-state index in [0.29, 0.717) is 5.84 Å². The highest BCUT2D eigenvalue weighted by Gasteiger charge is 1.99. The largest absolute Gasteiger partial charge is 0.271 e. The fraction of sp³-hybridized carbons (Fsp3) is 0.750. The summed E-state index contributed by atoms with van der Waals surface area (Å²) in [5, 5.41) is 3.10. The molecule has 0 spiro atoms. The number of hydrogen-bond donors (Lipinski definition) is 2. The molecular weight excluding hydrogens is 122 g/mol. The summed E-state index contributed by atoms with van der Waals surface area (Å²) in [5.41, 5.74) is 6.54. The quantitative estimate of drug-likeness (QED) is 0.234. The van der Waals surface area contributed by atoms with Crippen molar-refractivity contribution in [2.45, 2.75) is 12.2 Å². The Morgan fingerprint density at radius 1 is 1.75 bits per heavy atom. The van der Waals surface area contributed by atoms with Crippen molar-refractivity contribution in [2.24, 2.45) is 10.1 Å². The first kappa shape index (κ1) is 7.62. The highest BCUT2D eigenvalue weighted by molar-refractivity contribution is 7.81. The number of nitrogens with one attached hydrogen (secondary N) is 1. The van der Waals surface area contributed by atoms with Crippen molar-refractivity contribution in [3.63, 3.8) is 0 Å². The van der Waals surface area contributed by atoms with Crippen LogP contribution in [0.3, 0.4) is 0 Å². The van der Waals surface area contributed by atoms with Crippen molar-refractivity contribution >= 4 is 18.5 Å². The van der Waals surface area contributed by atoms with Crippen LogP contribution in [-0.4, -0.2) is 18.1 Å². The second-order valence-corrected chi connectivity index (χ2v) is 2.14. The molecule has 0 radical (unpaired) electrons. The lowest BCUT2D eigenvalue weighted by atomic mass is 10.4. The Balaban J connectivity index is 3.91. The van der Waals surface area contributed by atoms with Crippen LogP contribution < -0.4 is 0 Å². The first-order valence-corrected chi connectivity index (χ1v) is 2.76. The van der Waals surface area contributed by atoms with E-state index in [4.69, 9.17) is 5.53 Å². The van der Waals surface area contributed by atoms with Gasteiger partial charge in [0.25, 0.3) is 0 Å². The van der Waals surface area contributed by atoms with Gasteiger partial charge in [0.1, 0.15) is 0 Å². The second kappa shape index (κ2) is 3.60. The van der Waals surface area contributed by atoms with Crippen LogP contribution >= 0.6 is 12.6 Å². The minimum absolute atomic E-state index is 0.0301. The summed E-state index contributed by atoms with van der Waals surface area (Å²) in [6.45, 7) is 1.82. The van der Waals surface area contributed by atoms with Crippen LogP contribution in [0.1, 0.15) is 6.92 Å². The molecule has 0 rings (SSSR count). The monoisotopic (exact) mass is 131 g/mol. The van der Waals surface area contributed by atoms with Gasteiger partial charge in [-0.25, -0.2) is 5.53 Å². The van der Waals surface area contributed by atoms with E-state index in [0.717, 1.165) is 0 Å². The van der Waals surface area contributed by atoms with Gasteiger partial charge in [-0.3, -0.25) is 4.99 Å². The van der Waals surface area contributed by atoms with E-state index in [9.17, 15) is 0 Å². The molecule has 0 aromatic heterocycles. The minimum atomic E-state index is -0.0301. The average molecular weight is 131 g/mol. The molecule has 0 amide bonds. The molecule has 0 saturated heterocycles. The van der Waals surface area contributed by atoms with E-state index in [1.165, 1.54) is 0 Å². The standard InChI is InChI=1S/C4H9N3S/c1-3(8)4(6-2)7-5/h3,5,8H,1-2H3/b6-4-,7-5?. The van der Waals surface area contributed by atoms with Crippen molar-refractivity contribution in [1.82, 2.24) is 0 Å². The van der Waals surface area contributed by atoms with Crippen molar-refractivity contribution in [2.75, 3.05) is 7.05 Å². The van der Waals surface area contributed by atoms with Crippen LogP contribution in [-0.2, 0) is 0 Å². The molecule has 0 saturated carbocycles. The molecule has 4 heteroatoms. The van der Waals surface area contributed by atoms with Gasteiger partial charge in [-0.05, 0) is 6.92 Å². The summed E-state index contributed by atoms with van der Waals surface area (Å²) in [7, 11) is 1.60. The Morgan fingerprint density at radius 3 is 2.25 bits per heavy atom. The van der Waals surface area contributed by atoms with E-state index in [1.54, 1.807) is 7.05 Å². The lowest BCUT2D eigenvalue weighted by Crippen LogP contribution is -2.05. The van der Waals surface area contributed by atoms with Crippen molar-refractivity contribution < 1.29 is 0 Å². The summed E-state index contributed by atoms with van der Waals surface area (Å²) in [4.78, 5) is 3.69. The number of thiol groups is 1. The number of amidine groups is 1. The average Bonchev–Trinajstić information content (AvgIpc) is 1.69. The van der Waals surface area contributed by atoms with Crippen LogP contribution in [0.25, 0.3) is 0 Å². The molecule has 0 aromatic rings. The first-order chi connectivity index (χ1) is 3.72. The van der Waals surface area contributed by atoms with Gasteiger partial charge in [-0.2, -0.15) is 12.6 Å². The number of nitrogens with zero attached hydrogens (tertiary/aromatic N) is 2. The first-order valence-electron chi connectivity index (χ1n) is 2.24. The zero-order valence-corrected chi connectivity index (χ0v) is 5.81. The van der Waals surface area contributed by atoms with Gasteiger partial charge in [-0.1, -0.05) is 0 Å². The molecular formula is C4H9N3S. The Labute approximate surface area is 54.1 Å². The van der Waals surface area contributed by atoms with E-state index in [1.807, 2.05) is 6.92 Å². The fourth-order valence-electron chi connectivity index (χ4n) is 0.330. The van der Waals surface area contributed by atoms with Crippen molar-refractivity contribution in [3.8, 4) is 0 Å². The third-order valence-electron chi connectivity index (χ3n) is 0.717. The predicted molar refractivity (Wildman–Crippen MR) is 37.0 cm³/mol. The third kappa shape index (κ3) is 2.07. The van der Waals surface area contributed by atoms with Crippen molar-refractivity contribution in [1.29, 1.82) is 5.53 Å². The smallest absolute Gasteiger partial charge is 0.157 e. The Morgan fingerprint density at radius 2 is 2.25 bits per heavy atom. The van der Waals surface area contributed by atoms with E-state index in [-0.39, 0.29) is 5.25 Å². The molecule has 1 atom stereocenters. The van der Waals surface area contributed by atoms with Crippen LogP contribution in [0.4, 0.5) is 0 Å². The fourth-order valence-corrected chi connectivity index (χ4v) is 0.503. The Kier molecular flexibility index (Phi) is 3.43. The summed E-state index contributed by atoms with van der Waals surface area (Å²) in [6, 6.07) is 0. The Bertz CT molecular complexity index is 108. The summed E-state index contributed by atoms with van der Waals surface area (Å²) < 4.78 is 0. The lowest BCUT2D eigenvalue weighted by Gasteiger charge is -1.96. The lowest BCUT2D eigenvalue weighted by molar-refractivity contribution is 1.11. The maximum Gasteiger partial charge on any atom is 0.157 e. The predicted octanol–water partition coefficient (Wildman–Crippen LogP) is 1.36. The number of aliphatic imine (C=N–C) groups is 1. The maximum absolute atomic E-state index is 6.54. The summed E-state index contributed by atoms with van der Waals surface area (Å²) >= 11 is 4.01. The third-order valence-corrected chi connectivity index (χ3v) is 0.948. The summed E-state index contributed by atoms with van der Waals surface area (Å²) in [6.07, 6.45) is 0. The molecule has 0 aliphatic carbocycles. The van der Waals surface area contributed by atoms with Gasteiger partial charge in [0.05, 0.1) is 5.25 Å². The highest BCUT2D eigenvalue weighted by atomic mass is 32.1. The SMILES string of the molecule is C/N=C(\N=N)C(C)S. The van der Waals surface area contributed by atoms with E-state index < -0.39 is 0 Å². The molecule has 1 N–H and O–H groups in total. The molecule has 0 bridgehead atoms. The van der Waals surface area contributed by atoms with E-state index in [2.05, 4.69) is 22.7 Å². The molecule has 0 aliphatic heterocycles. The van der Waals surface area contributed by atoms with Crippen LogP contribution in [0, 0.1) is 5.53 Å². The van der Waals surface area contributed by atoms with Gasteiger partial charge in [0.2, 0.25) is 0 Å². The Hall–Kier alpha value is -0.380. The van der Waals surface area contributed by atoms with Gasteiger partial charge in [0.15, 0.2) is 5.84 Å². The van der Waals surface area contributed by atoms with Crippen LogP contribution in [0.15, 0.2) is 10.1 Å². The zero-order valence-electron chi connectivity index (χ0n) is 4.92. The van der Waals surface area contributed by atoms with Crippen molar-refractivity contribution in [3.05, 3.63) is 0 Å². The minimum Gasteiger partial charge on any atom is -0.271 e. The maximum atomic E-state index is 6.54. The normalized spacial score (nSPS) is 15.6. The molecule has 46 valence electrons. The topological polar surface area (TPSA) is 48.6 Å². The van der Waals surface area contributed by atoms with Gasteiger partial charge < -0.3 is 0 Å². The van der Waals surface area contributed by atoms with Crippen LogP contribution in [0.2, 0.25) is 0 Å². The molecule has 3 nitrogen and oxygen atoms in total. The van der Waals surface area contributed by atoms with Gasteiger partial charge in [0, 0.05) is 7.05 Å². The molecule has 0 aromatic carbocycles. The molecule has 0 fully saturated rings. The number of hydrogen-bond acceptors (Lipinski definition) is 3. The molecule has 8 heavy (non-hydrogen) atoms. The second-order valence-electron chi connectivity index (χ2n) is 1.37. The molecule has 1 unspecified atom stereocenters. The highest BCUT2D eigenvalue weighted by Crippen LogP contribution is 1.96. The van der Waals surface area contributed by atoms with E-state index >= 15 is 0 Å². The zero-order chi connectivity index (χ0) is 6.57. The molecule has 0 aliphatic rings. The van der Waals surface area contributed by atoms with Crippen LogP contribution in [0.5, 0.6) is 0 Å². The van der Waals surface area contributed by atoms with Gasteiger partial charge in [-0.15, -0.1) is 5.11 Å². The number of rotatable bonds is 1. The summed E-state index contributed by atoms with van der Waals surface area (Å²) in [5.74, 6) is 0.466. The van der Waals surface area contributed by atoms with Gasteiger partial charge >= 0.3 is 0 Å².